The van der Waals surface area contributed by atoms with Crippen molar-refractivity contribution in [3.63, 3.8) is 0 Å². The molecule has 0 aliphatic rings. The number of esters is 2. The molecular formula is C29H23NO4. The van der Waals surface area contributed by atoms with Crippen LogP contribution in [0.2, 0.25) is 0 Å². The summed E-state index contributed by atoms with van der Waals surface area (Å²) in [6.07, 6.45) is 1.12. The normalized spacial score (nSPS) is 10.4. The number of hydrogen-bond donors (Lipinski definition) is 0. The smallest absolute Gasteiger partial charge is 0.338 e. The van der Waals surface area contributed by atoms with Crippen LogP contribution in [0.3, 0.4) is 0 Å². The highest BCUT2D eigenvalue weighted by Gasteiger charge is 2.14. The number of anilines is 3. The van der Waals surface area contributed by atoms with Gasteiger partial charge in [0.05, 0.1) is 0 Å². The highest BCUT2D eigenvalue weighted by atomic mass is 16.5. The molecule has 0 aliphatic carbocycles. The summed E-state index contributed by atoms with van der Waals surface area (Å²) in [5.74, 6) is -0.126. The second-order valence-corrected chi connectivity index (χ2v) is 7.65. The van der Waals surface area contributed by atoms with E-state index >= 15 is 0 Å². The molecule has 0 atom stereocenters. The maximum absolute atomic E-state index is 11.9. The fraction of sp³-hybridized carbons (Fsp3) is 0.0345. The molecule has 4 aromatic rings. The first-order valence-corrected chi connectivity index (χ1v) is 10.7. The molecule has 0 N–H and O–H groups in total. The summed E-state index contributed by atoms with van der Waals surface area (Å²) in [5.41, 5.74) is 3.00. The molecule has 5 nitrogen and oxygen atoms in total. The molecule has 168 valence electrons. The monoisotopic (exact) mass is 449 g/mol. The van der Waals surface area contributed by atoms with Gasteiger partial charge in [0.15, 0.2) is 0 Å². The molecule has 0 bridgehead atoms. The summed E-state index contributed by atoms with van der Waals surface area (Å²) in [7, 11) is 0. The molecule has 0 saturated heterocycles. The molecular weight excluding hydrogens is 426 g/mol. The molecule has 0 radical (unpaired) electrons. The number of benzene rings is 4. The Hall–Kier alpha value is -4.64. The Morgan fingerprint density at radius 1 is 0.735 bits per heavy atom. The largest absolute Gasteiger partial charge is 0.423 e. The van der Waals surface area contributed by atoms with Crippen molar-refractivity contribution < 1.29 is 19.1 Å². The van der Waals surface area contributed by atoms with Crippen LogP contribution < -0.4 is 14.4 Å². The number of fused-ring (bicyclic) bond motifs is 1. The summed E-state index contributed by atoms with van der Waals surface area (Å²) >= 11 is 0. The lowest BCUT2D eigenvalue weighted by Gasteiger charge is -2.26. The van der Waals surface area contributed by atoms with Gasteiger partial charge < -0.3 is 14.4 Å². The van der Waals surface area contributed by atoms with E-state index in [1.54, 1.807) is 31.2 Å². The van der Waals surface area contributed by atoms with Crippen LogP contribution in [0.4, 0.5) is 17.1 Å². The third-order valence-electron chi connectivity index (χ3n) is 5.13. The van der Waals surface area contributed by atoms with Crippen molar-refractivity contribution in [3.8, 4) is 11.5 Å². The van der Waals surface area contributed by atoms with Gasteiger partial charge in [-0.25, -0.2) is 9.59 Å². The lowest BCUT2D eigenvalue weighted by atomic mass is 10.1. The van der Waals surface area contributed by atoms with Crippen molar-refractivity contribution in [2.75, 3.05) is 4.90 Å². The maximum Gasteiger partial charge on any atom is 0.338 e. The first-order chi connectivity index (χ1) is 16.4. The number of ether oxygens (including phenoxy) is 2. The summed E-state index contributed by atoms with van der Waals surface area (Å²) in [6, 6.07) is 28.8. The van der Waals surface area contributed by atoms with Crippen LogP contribution in [0.15, 0.2) is 116 Å². The van der Waals surface area contributed by atoms with Gasteiger partial charge in [-0.2, -0.15) is 0 Å². The van der Waals surface area contributed by atoms with Gasteiger partial charge in [-0.3, -0.25) is 0 Å². The number of carbonyl (C=O) groups is 2. The molecule has 0 unspecified atom stereocenters. The van der Waals surface area contributed by atoms with Crippen LogP contribution in [-0.2, 0) is 9.59 Å². The minimum atomic E-state index is -0.515. The van der Waals surface area contributed by atoms with E-state index in [4.69, 9.17) is 9.47 Å². The molecule has 5 heteroatoms. The minimum absolute atomic E-state index is 0.333. The Bertz CT molecular complexity index is 1370. The lowest BCUT2D eigenvalue weighted by molar-refractivity contribution is -0.130. The van der Waals surface area contributed by atoms with Crippen LogP contribution >= 0.6 is 0 Å². The topological polar surface area (TPSA) is 55.8 Å². The molecule has 0 aromatic heterocycles. The zero-order valence-electron chi connectivity index (χ0n) is 18.7. The highest BCUT2D eigenvalue weighted by molar-refractivity contribution is 5.90. The first-order valence-electron chi connectivity index (χ1n) is 10.7. The standard InChI is InChI=1S/C29H23NO4/c1-4-28(31)33-26-15-11-23(12-16-26)30(25-10-9-21-7-5-6-8-22(21)19-25)24-13-17-27(18-14-24)34-29(32)20(2)3/h4-19H,1-2H2,3H3. The van der Waals surface area contributed by atoms with E-state index < -0.39 is 11.9 Å². The summed E-state index contributed by atoms with van der Waals surface area (Å²) in [4.78, 5) is 25.4. The Kier molecular flexibility index (Phi) is 6.55. The van der Waals surface area contributed by atoms with Gasteiger partial charge >= 0.3 is 11.9 Å². The van der Waals surface area contributed by atoms with Gasteiger partial charge in [0, 0.05) is 28.7 Å². The predicted molar refractivity (Wildman–Crippen MR) is 135 cm³/mol. The molecule has 0 heterocycles. The second-order valence-electron chi connectivity index (χ2n) is 7.65. The van der Waals surface area contributed by atoms with E-state index in [0.29, 0.717) is 17.1 Å². The third-order valence-corrected chi connectivity index (χ3v) is 5.13. The van der Waals surface area contributed by atoms with E-state index in [9.17, 15) is 9.59 Å². The minimum Gasteiger partial charge on any atom is -0.423 e. The van der Waals surface area contributed by atoms with E-state index in [0.717, 1.165) is 33.9 Å². The van der Waals surface area contributed by atoms with E-state index in [2.05, 4.69) is 42.3 Å². The van der Waals surface area contributed by atoms with Crippen LogP contribution in [0.25, 0.3) is 10.8 Å². The van der Waals surface area contributed by atoms with E-state index in [1.165, 1.54) is 0 Å². The third kappa shape index (κ3) is 5.05. The molecule has 0 fully saturated rings. The van der Waals surface area contributed by atoms with Crippen molar-refractivity contribution in [2.45, 2.75) is 6.92 Å². The molecule has 0 aliphatic heterocycles. The molecule has 0 saturated carbocycles. The average molecular weight is 450 g/mol. The fourth-order valence-corrected chi connectivity index (χ4v) is 3.44. The van der Waals surface area contributed by atoms with Crippen LogP contribution in [0, 0.1) is 0 Å². The van der Waals surface area contributed by atoms with Crippen LogP contribution in [0.1, 0.15) is 6.92 Å². The first kappa shape index (κ1) is 22.6. The van der Waals surface area contributed by atoms with Gasteiger partial charge in [0.1, 0.15) is 11.5 Å². The van der Waals surface area contributed by atoms with Crippen molar-refractivity contribution in [1.82, 2.24) is 0 Å². The number of rotatable bonds is 7. The maximum atomic E-state index is 11.9. The average Bonchev–Trinajstić information content (AvgIpc) is 2.86. The summed E-state index contributed by atoms with van der Waals surface area (Å²) < 4.78 is 10.5. The van der Waals surface area contributed by atoms with Gasteiger partial charge in [-0.05, 0) is 78.4 Å². The second kappa shape index (κ2) is 9.88. The van der Waals surface area contributed by atoms with E-state index in [1.807, 2.05) is 42.5 Å². The molecule has 34 heavy (non-hydrogen) atoms. The molecule has 0 spiro atoms. The molecule has 0 amide bonds. The lowest BCUT2D eigenvalue weighted by Crippen LogP contribution is -2.11. The zero-order valence-corrected chi connectivity index (χ0v) is 18.7. The number of nitrogens with zero attached hydrogens (tertiary/aromatic N) is 1. The number of hydrogen-bond acceptors (Lipinski definition) is 5. The summed E-state index contributed by atoms with van der Waals surface area (Å²) in [6.45, 7) is 8.64. The SMILES string of the molecule is C=CC(=O)Oc1ccc(N(c2ccc(OC(=O)C(=C)C)cc2)c2ccc3ccccc3c2)cc1. The predicted octanol–water partition coefficient (Wildman–Crippen LogP) is 6.88. The molecule has 4 rings (SSSR count). The van der Waals surface area contributed by atoms with E-state index in [-0.39, 0.29) is 0 Å². The van der Waals surface area contributed by atoms with Gasteiger partial charge in [0.2, 0.25) is 0 Å². The fourth-order valence-electron chi connectivity index (χ4n) is 3.44. The highest BCUT2D eigenvalue weighted by Crippen LogP contribution is 2.37. The van der Waals surface area contributed by atoms with Crippen LogP contribution in [0.5, 0.6) is 11.5 Å². The Morgan fingerprint density at radius 2 is 1.26 bits per heavy atom. The Labute approximate surface area is 198 Å². The Morgan fingerprint density at radius 3 is 1.82 bits per heavy atom. The molecule has 4 aromatic carbocycles. The quantitative estimate of drug-likeness (QED) is 0.175. The Balaban J connectivity index is 1.73. The van der Waals surface area contributed by atoms with Gasteiger partial charge in [-0.1, -0.05) is 43.5 Å². The summed E-state index contributed by atoms with van der Waals surface area (Å²) in [5, 5.41) is 2.24. The van der Waals surface area contributed by atoms with Crippen LogP contribution in [-0.4, -0.2) is 11.9 Å². The van der Waals surface area contributed by atoms with Crippen molar-refractivity contribution >= 4 is 39.8 Å². The van der Waals surface area contributed by atoms with Crippen molar-refractivity contribution in [1.29, 1.82) is 0 Å². The zero-order chi connectivity index (χ0) is 24.1. The van der Waals surface area contributed by atoms with Gasteiger partial charge in [-0.15, -0.1) is 0 Å². The van der Waals surface area contributed by atoms with Crippen molar-refractivity contribution in [2.24, 2.45) is 0 Å². The van der Waals surface area contributed by atoms with Gasteiger partial charge in [0.25, 0.3) is 0 Å². The van der Waals surface area contributed by atoms with Crippen molar-refractivity contribution in [3.05, 3.63) is 116 Å². The number of carbonyl (C=O) groups excluding carboxylic acids is 2.